The van der Waals surface area contributed by atoms with Gasteiger partial charge in [-0.1, -0.05) is 30.3 Å². The molecular weight excluding hydrogens is 234 g/mol. The molecule has 0 saturated heterocycles. The number of rotatable bonds is 6. The highest BCUT2D eigenvalue weighted by molar-refractivity contribution is 5.33. The first-order valence-corrected chi connectivity index (χ1v) is 6.70. The van der Waals surface area contributed by atoms with Gasteiger partial charge in [-0.05, 0) is 63.3 Å². The molecular formula is C17H21NO. The molecule has 0 aliphatic rings. The van der Waals surface area contributed by atoms with Gasteiger partial charge in [0.25, 0.3) is 0 Å². The summed E-state index contributed by atoms with van der Waals surface area (Å²) >= 11 is 0. The van der Waals surface area contributed by atoms with Gasteiger partial charge >= 0.3 is 0 Å². The lowest BCUT2D eigenvalue weighted by Gasteiger charge is -2.10. The van der Waals surface area contributed by atoms with Crippen LogP contribution in [-0.2, 0) is 6.42 Å². The summed E-state index contributed by atoms with van der Waals surface area (Å²) in [4.78, 5) is 2.21. The number of para-hydroxylation sites is 1. The van der Waals surface area contributed by atoms with Crippen molar-refractivity contribution in [3.63, 3.8) is 0 Å². The molecule has 0 N–H and O–H groups in total. The normalized spacial score (nSPS) is 10.7. The maximum atomic E-state index is 5.84. The van der Waals surface area contributed by atoms with Crippen molar-refractivity contribution < 1.29 is 4.74 Å². The van der Waals surface area contributed by atoms with Crippen molar-refractivity contribution in [2.45, 2.75) is 12.8 Å². The first-order valence-electron chi connectivity index (χ1n) is 6.70. The molecule has 0 atom stereocenters. The third kappa shape index (κ3) is 4.76. The molecule has 0 aliphatic carbocycles. The molecule has 2 heteroatoms. The summed E-state index contributed by atoms with van der Waals surface area (Å²) in [5.74, 6) is 1.79. The molecule has 2 nitrogen and oxygen atoms in total. The highest BCUT2D eigenvalue weighted by atomic mass is 16.5. The Hall–Kier alpha value is -1.80. The van der Waals surface area contributed by atoms with E-state index in [4.69, 9.17) is 4.74 Å². The first kappa shape index (κ1) is 13.6. The largest absolute Gasteiger partial charge is 0.457 e. The maximum absolute atomic E-state index is 5.84. The molecule has 0 radical (unpaired) electrons. The zero-order valence-electron chi connectivity index (χ0n) is 11.7. The molecule has 0 fully saturated rings. The summed E-state index contributed by atoms with van der Waals surface area (Å²) in [6.45, 7) is 1.11. The number of benzene rings is 2. The zero-order valence-corrected chi connectivity index (χ0v) is 11.7. The molecule has 0 aliphatic heterocycles. The monoisotopic (exact) mass is 255 g/mol. The Kier molecular flexibility index (Phi) is 4.99. The third-order valence-corrected chi connectivity index (χ3v) is 2.95. The maximum Gasteiger partial charge on any atom is 0.127 e. The second-order valence-corrected chi connectivity index (χ2v) is 4.97. The second kappa shape index (κ2) is 6.95. The Labute approximate surface area is 115 Å². The SMILES string of the molecule is CN(C)CCCc1cccc(Oc2ccccc2)c1. The van der Waals surface area contributed by atoms with E-state index in [2.05, 4.69) is 37.2 Å². The topological polar surface area (TPSA) is 12.5 Å². The van der Waals surface area contributed by atoms with Crippen molar-refractivity contribution in [2.24, 2.45) is 0 Å². The van der Waals surface area contributed by atoms with E-state index >= 15 is 0 Å². The third-order valence-electron chi connectivity index (χ3n) is 2.95. The van der Waals surface area contributed by atoms with Crippen molar-refractivity contribution in [3.8, 4) is 11.5 Å². The van der Waals surface area contributed by atoms with E-state index in [1.54, 1.807) is 0 Å². The molecule has 19 heavy (non-hydrogen) atoms. The van der Waals surface area contributed by atoms with Crippen LogP contribution >= 0.6 is 0 Å². The van der Waals surface area contributed by atoms with Crippen molar-refractivity contribution in [2.75, 3.05) is 20.6 Å². The molecule has 100 valence electrons. The van der Waals surface area contributed by atoms with Gasteiger partial charge in [0.2, 0.25) is 0 Å². The van der Waals surface area contributed by atoms with Crippen LogP contribution in [0.15, 0.2) is 54.6 Å². The van der Waals surface area contributed by atoms with E-state index < -0.39 is 0 Å². The van der Waals surface area contributed by atoms with Gasteiger partial charge in [-0.2, -0.15) is 0 Å². The predicted octanol–water partition coefficient (Wildman–Crippen LogP) is 3.97. The van der Waals surface area contributed by atoms with Crippen molar-refractivity contribution in [1.29, 1.82) is 0 Å². The lowest BCUT2D eigenvalue weighted by Crippen LogP contribution is -2.13. The van der Waals surface area contributed by atoms with Crippen LogP contribution in [0.2, 0.25) is 0 Å². The van der Waals surface area contributed by atoms with Gasteiger partial charge in [-0.15, -0.1) is 0 Å². The molecule has 0 amide bonds. The lowest BCUT2D eigenvalue weighted by molar-refractivity contribution is 0.400. The van der Waals surface area contributed by atoms with Crippen LogP contribution in [0.25, 0.3) is 0 Å². The minimum atomic E-state index is 0.882. The molecule has 2 aromatic rings. The van der Waals surface area contributed by atoms with Gasteiger partial charge in [0, 0.05) is 0 Å². The zero-order chi connectivity index (χ0) is 13.5. The molecule has 0 unspecified atom stereocenters. The van der Waals surface area contributed by atoms with Gasteiger partial charge in [-0.25, -0.2) is 0 Å². The highest BCUT2D eigenvalue weighted by Crippen LogP contribution is 2.22. The average Bonchev–Trinajstić information content (AvgIpc) is 2.40. The summed E-state index contributed by atoms with van der Waals surface area (Å²) in [7, 11) is 4.21. The van der Waals surface area contributed by atoms with E-state index in [9.17, 15) is 0 Å². The van der Waals surface area contributed by atoms with Crippen molar-refractivity contribution in [1.82, 2.24) is 4.90 Å². The minimum absolute atomic E-state index is 0.882. The van der Waals surface area contributed by atoms with Crippen LogP contribution < -0.4 is 4.74 Å². The molecule has 2 rings (SSSR count). The Morgan fingerprint density at radius 3 is 2.37 bits per heavy atom. The number of hydrogen-bond acceptors (Lipinski definition) is 2. The molecule has 0 aromatic heterocycles. The summed E-state index contributed by atoms with van der Waals surface area (Å²) in [5, 5.41) is 0. The quantitative estimate of drug-likeness (QED) is 0.774. The van der Waals surface area contributed by atoms with E-state index in [1.165, 1.54) is 12.0 Å². The van der Waals surface area contributed by atoms with E-state index in [0.29, 0.717) is 0 Å². The second-order valence-electron chi connectivity index (χ2n) is 4.97. The average molecular weight is 255 g/mol. The standard InChI is InChI=1S/C17H21NO/c1-18(2)13-7-9-15-8-6-12-17(14-15)19-16-10-4-3-5-11-16/h3-6,8,10-12,14H,7,9,13H2,1-2H3. The van der Waals surface area contributed by atoms with Crippen LogP contribution in [0, 0.1) is 0 Å². The smallest absolute Gasteiger partial charge is 0.127 e. The van der Waals surface area contributed by atoms with Gasteiger partial charge in [0.15, 0.2) is 0 Å². The number of ether oxygens (including phenoxy) is 1. The molecule has 0 saturated carbocycles. The fraction of sp³-hybridized carbons (Fsp3) is 0.294. The highest BCUT2D eigenvalue weighted by Gasteiger charge is 1.99. The Bertz CT molecular complexity index is 494. The van der Waals surface area contributed by atoms with E-state index in [-0.39, 0.29) is 0 Å². The minimum Gasteiger partial charge on any atom is -0.457 e. The molecule has 2 aromatic carbocycles. The van der Waals surface area contributed by atoms with Crippen LogP contribution in [0.3, 0.4) is 0 Å². The molecule has 0 spiro atoms. The molecule has 0 bridgehead atoms. The van der Waals surface area contributed by atoms with Crippen molar-refractivity contribution in [3.05, 3.63) is 60.2 Å². The lowest BCUT2D eigenvalue weighted by atomic mass is 10.1. The van der Waals surface area contributed by atoms with Gasteiger partial charge in [0.1, 0.15) is 11.5 Å². The predicted molar refractivity (Wildman–Crippen MR) is 79.8 cm³/mol. The van der Waals surface area contributed by atoms with Crippen LogP contribution in [0.4, 0.5) is 0 Å². The molecule has 0 heterocycles. The van der Waals surface area contributed by atoms with Gasteiger partial charge in [0.05, 0.1) is 0 Å². The van der Waals surface area contributed by atoms with Crippen molar-refractivity contribution >= 4 is 0 Å². The fourth-order valence-electron chi connectivity index (χ4n) is 1.99. The van der Waals surface area contributed by atoms with Crippen LogP contribution in [0.1, 0.15) is 12.0 Å². The summed E-state index contributed by atoms with van der Waals surface area (Å²) < 4.78 is 5.84. The van der Waals surface area contributed by atoms with Gasteiger partial charge < -0.3 is 9.64 Å². The summed E-state index contributed by atoms with van der Waals surface area (Å²) in [6.07, 6.45) is 2.26. The summed E-state index contributed by atoms with van der Waals surface area (Å²) in [6, 6.07) is 18.2. The van der Waals surface area contributed by atoms with Crippen LogP contribution in [-0.4, -0.2) is 25.5 Å². The Morgan fingerprint density at radius 2 is 1.63 bits per heavy atom. The summed E-state index contributed by atoms with van der Waals surface area (Å²) in [5.41, 5.74) is 1.33. The van der Waals surface area contributed by atoms with Crippen LogP contribution in [0.5, 0.6) is 11.5 Å². The number of aryl methyl sites for hydroxylation is 1. The first-order chi connectivity index (χ1) is 9.24. The number of hydrogen-bond donors (Lipinski definition) is 0. The fourth-order valence-corrected chi connectivity index (χ4v) is 1.99. The van der Waals surface area contributed by atoms with E-state index in [0.717, 1.165) is 24.5 Å². The number of nitrogens with zero attached hydrogens (tertiary/aromatic N) is 1. The van der Waals surface area contributed by atoms with Gasteiger partial charge in [-0.3, -0.25) is 0 Å². The van der Waals surface area contributed by atoms with E-state index in [1.807, 2.05) is 36.4 Å². The Balaban J connectivity index is 1.95. The Morgan fingerprint density at radius 1 is 0.895 bits per heavy atom.